The molecule has 1 unspecified atom stereocenters. The summed E-state index contributed by atoms with van der Waals surface area (Å²) in [5.74, 6) is 0.854. The van der Waals surface area contributed by atoms with Crippen molar-refractivity contribution >= 4 is 5.82 Å². The molecule has 1 aliphatic carbocycles. The molecule has 1 aromatic heterocycles. The van der Waals surface area contributed by atoms with Gasteiger partial charge < -0.3 is 5.32 Å². The lowest BCUT2D eigenvalue weighted by atomic mass is 10.00. The van der Waals surface area contributed by atoms with Crippen LogP contribution < -0.4 is 16.6 Å². The molecular formula is C12H20N4O2. The summed E-state index contributed by atoms with van der Waals surface area (Å²) in [6.45, 7) is 2.07. The minimum atomic E-state index is -0.404. The molecule has 1 atom stereocenters. The van der Waals surface area contributed by atoms with Gasteiger partial charge in [-0.1, -0.05) is 12.8 Å². The van der Waals surface area contributed by atoms with E-state index in [0.29, 0.717) is 5.92 Å². The number of anilines is 1. The van der Waals surface area contributed by atoms with Crippen molar-refractivity contribution in [1.29, 1.82) is 0 Å². The van der Waals surface area contributed by atoms with E-state index in [1.807, 2.05) is 0 Å². The van der Waals surface area contributed by atoms with Crippen molar-refractivity contribution in [3.05, 3.63) is 20.8 Å². The van der Waals surface area contributed by atoms with E-state index < -0.39 is 5.69 Å². The van der Waals surface area contributed by atoms with E-state index in [4.69, 9.17) is 0 Å². The summed E-state index contributed by atoms with van der Waals surface area (Å²) in [4.78, 5) is 23.4. The fourth-order valence-corrected chi connectivity index (χ4v) is 2.58. The van der Waals surface area contributed by atoms with Crippen LogP contribution in [0.25, 0.3) is 0 Å². The van der Waals surface area contributed by atoms with Crippen LogP contribution in [0, 0.1) is 5.92 Å². The van der Waals surface area contributed by atoms with Gasteiger partial charge in [0.2, 0.25) is 5.82 Å². The molecule has 0 aliphatic heterocycles. The fourth-order valence-electron chi connectivity index (χ4n) is 2.58. The first-order chi connectivity index (χ1) is 8.50. The van der Waals surface area contributed by atoms with Crippen molar-refractivity contribution < 1.29 is 0 Å². The quantitative estimate of drug-likeness (QED) is 0.849. The normalized spacial score (nSPS) is 17.9. The molecule has 0 bridgehead atoms. The van der Waals surface area contributed by atoms with Crippen LogP contribution >= 0.6 is 0 Å². The van der Waals surface area contributed by atoms with Gasteiger partial charge in [-0.25, -0.2) is 9.48 Å². The van der Waals surface area contributed by atoms with Gasteiger partial charge in [-0.05, 0) is 25.7 Å². The topological polar surface area (TPSA) is 68.9 Å². The van der Waals surface area contributed by atoms with Crippen molar-refractivity contribution in [3.8, 4) is 0 Å². The van der Waals surface area contributed by atoms with Gasteiger partial charge in [0, 0.05) is 20.1 Å². The molecule has 1 aliphatic rings. The summed E-state index contributed by atoms with van der Waals surface area (Å²) >= 11 is 0. The molecule has 100 valence electrons. The zero-order valence-corrected chi connectivity index (χ0v) is 11.1. The molecule has 18 heavy (non-hydrogen) atoms. The van der Waals surface area contributed by atoms with E-state index in [-0.39, 0.29) is 17.4 Å². The Labute approximate surface area is 106 Å². The summed E-state index contributed by atoms with van der Waals surface area (Å²) in [5, 5.41) is 7.16. The van der Waals surface area contributed by atoms with Crippen LogP contribution in [0.5, 0.6) is 0 Å². The zero-order valence-electron chi connectivity index (χ0n) is 11.1. The molecule has 0 saturated heterocycles. The zero-order chi connectivity index (χ0) is 13.3. The third-order valence-corrected chi connectivity index (χ3v) is 3.79. The Bertz CT molecular complexity index is 540. The Morgan fingerprint density at radius 3 is 2.50 bits per heavy atom. The second kappa shape index (κ2) is 4.96. The maximum atomic E-state index is 11.9. The number of aryl methyl sites for hydroxylation is 1. The molecule has 1 aromatic rings. The molecule has 1 fully saturated rings. The van der Waals surface area contributed by atoms with Gasteiger partial charge in [0.25, 0.3) is 5.56 Å². The largest absolute Gasteiger partial charge is 0.361 e. The van der Waals surface area contributed by atoms with Crippen LogP contribution in [0.15, 0.2) is 9.59 Å². The van der Waals surface area contributed by atoms with Crippen LogP contribution in [0.3, 0.4) is 0 Å². The highest BCUT2D eigenvalue weighted by Crippen LogP contribution is 2.28. The minimum absolute atomic E-state index is 0.213. The van der Waals surface area contributed by atoms with E-state index >= 15 is 0 Å². The highest BCUT2D eigenvalue weighted by molar-refractivity contribution is 5.31. The average molecular weight is 252 g/mol. The van der Waals surface area contributed by atoms with E-state index in [9.17, 15) is 9.59 Å². The van der Waals surface area contributed by atoms with Gasteiger partial charge in [-0.2, -0.15) is 0 Å². The highest BCUT2D eigenvalue weighted by atomic mass is 16.2. The molecule has 1 heterocycles. The predicted octanol–water partition coefficient (Wildman–Crippen LogP) is 0.470. The van der Waals surface area contributed by atoms with Gasteiger partial charge in [-0.3, -0.25) is 9.36 Å². The van der Waals surface area contributed by atoms with Gasteiger partial charge >= 0.3 is 5.69 Å². The van der Waals surface area contributed by atoms with Crippen molar-refractivity contribution in [3.63, 3.8) is 0 Å². The first kappa shape index (κ1) is 12.9. The Balaban J connectivity index is 2.24. The van der Waals surface area contributed by atoms with Crippen LogP contribution in [-0.4, -0.2) is 20.4 Å². The average Bonchev–Trinajstić information content (AvgIpc) is 2.87. The summed E-state index contributed by atoms with van der Waals surface area (Å²) in [7, 11) is 3.02. The molecule has 0 spiro atoms. The van der Waals surface area contributed by atoms with Crippen LogP contribution in [-0.2, 0) is 14.1 Å². The van der Waals surface area contributed by atoms with Crippen molar-refractivity contribution in [2.75, 3.05) is 5.32 Å². The lowest BCUT2D eigenvalue weighted by Crippen LogP contribution is -2.41. The number of nitrogens with one attached hydrogen (secondary N) is 1. The first-order valence-corrected chi connectivity index (χ1v) is 6.41. The number of nitrogens with zero attached hydrogens (tertiary/aromatic N) is 3. The van der Waals surface area contributed by atoms with Crippen molar-refractivity contribution in [2.24, 2.45) is 20.0 Å². The lowest BCUT2D eigenvalue weighted by molar-refractivity contribution is 0.476. The standard InChI is InChI=1S/C12H20N4O2/c1-8(9-6-4-5-7-9)13-10-11(17)15(2)12(18)16(3)14-10/h8-9H,4-7H2,1-3H3,(H,13,14). The predicted molar refractivity (Wildman–Crippen MR) is 69.8 cm³/mol. The van der Waals surface area contributed by atoms with Crippen LogP contribution in [0.2, 0.25) is 0 Å². The molecule has 0 aromatic carbocycles. The minimum Gasteiger partial charge on any atom is -0.361 e. The smallest absolute Gasteiger partial charge is 0.346 e. The third kappa shape index (κ3) is 2.32. The Morgan fingerprint density at radius 1 is 1.28 bits per heavy atom. The van der Waals surface area contributed by atoms with Crippen molar-refractivity contribution in [1.82, 2.24) is 14.3 Å². The summed E-state index contributed by atoms with van der Waals surface area (Å²) in [6, 6.07) is 0.213. The fraction of sp³-hybridized carbons (Fsp3) is 0.750. The number of rotatable bonds is 3. The Kier molecular flexibility index (Phi) is 3.54. The van der Waals surface area contributed by atoms with E-state index in [2.05, 4.69) is 17.3 Å². The highest BCUT2D eigenvalue weighted by Gasteiger charge is 2.22. The maximum Gasteiger partial charge on any atom is 0.346 e. The Morgan fingerprint density at radius 2 is 1.89 bits per heavy atom. The van der Waals surface area contributed by atoms with Gasteiger partial charge in [0.1, 0.15) is 0 Å². The molecule has 1 saturated carbocycles. The second-order valence-corrected chi connectivity index (χ2v) is 5.10. The number of aromatic nitrogens is 3. The summed E-state index contributed by atoms with van der Waals surface area (Å²) < 4.78 is 2.27. The number of hydrogen-bond acceptors (Lipinski definition) is 4. The Hall–Kier alpha value is -1.59. The van der Waals surface area contributed by atoms with Crippen molar-refractivity contribution in [2.45, 2.75) is 38.6 Å². The number of hydrogen-bond donors (Lipinski definition) is 1. The SMILES string of the molecule is CC(Nc1nn(C)c(=O)n(C)c1=O)C1CCCC1. The van der Waals surface area contributed by atoms with Gasteiger partial charge in [0.05, 0.1) is 0 Å². The molecule has 0 amide bonds. The molecule has 2 rings (SSSR count). The summed E-state index contributed by atoms with van der Waals surface area (Å²) in [6.07, 6.45) is 4.91. The summed E-state index contributed by atoms with van der Waals surface area (Å²) in [5.41, 5.74) is -0.762. The molecule has 6 nitrogen and oxygen atoms in total. The monoisotopic (exact) mass is 252 g/mol. The first-order valence-electron chi connectivity index (χ1n) is 6.41. The van der Waals surface area contributed by atoms with E-state index in [0.717, 1.165) is 4.57 Å². The second-order valence-electron chi connectivity index (χ2n) is 5.10. The van der Waals surface area contributed by atoms with Gasteiger partial charge in [-0.15, -0.1) is 5.10 Å². The molecular weight excluding hydrogens is 232 g/mol. The van der Waals surface area contributed by atoms with Crippen LogP contribution in [0.1, 0.15) is 32.6 Å². The maximum absolute atomic E-state index is 11.9. The third-order valence-electron chi connectivity index (χ3n) is 3.79. The lowest BCUT2D eigenvalue weighted by Gasteiger charge is -2.20. The molecule has 1 N–H and O–H groups in total. The molecule has 0 radical (unpaired) electrons. The van der Waals surface area contributed by atoms with Crippen LogP contribution in [0.4, 0.5) is 5.82 Å². The van der Waals surface area contributed by atoms with E-state index in [1.54, 1.807) is 7.05 Å². The van der Waals surface area contributed by atoms with E-state index in [1.165, 1.54) is 37.4 Å². The molecule has 6 heteroatoms. The van der Waals surface area contributed by atoms with Gasteiger partial charge in [0.15, 0.2) is 0 Å².